The molecule has 0 aromatic carbocycles. The van der Waals surface area contributed by atoms with Crippen molar-refractivity contribution >= 4 is 62.4 Å². The lowest BCUT2D eigenvalue weighted by molar-refractivity contribution is -0.119. The van der Waals surface area contributed by atoms with E-state index in [1.54, 1.807) is 27.7 Å². The van der Waals surface area contributed by atoms with Crippen molar-refractivity contribution in [2.45, 2.75) is 56.5 Å². The maximum atomic E-state index is 12.8. The standard InChI is InChI=1S/C19H24N4O4S3/c1-5-27-17(26)13-11-7-6-8-12(11)29-16(13)20-15(25)10(4)28-19-23-22-18(30-19)21-14(24)9(2)3/h9-10H,5-8H2,1-4H3,(H,20,25)(H,21,22,24). The average Bonchev–Trinajstić information content (AvgIpc) is 3.38. The van der Waals surface area contributed by atoms with Crippen molar-refractivity contribution in [1.29, 1.82) is 0 Å². The molecular weight excluding hydrogens is 444 g/mol. The lowest BCUT2D eigenvalue weighted by Crippen LogP contribution is -2.23. The highest BCUT2D eigenvalue weighted by atomic mass is 32.2. The number of hydrogen-bond acceptors (Lipinski definition) is 9. The highest BCUT2D eigenvalue weighted by Crippen LogP contribution is 2.40. The topological polar surface area (TPSA) is 110 Å². The van der Waals surface area contributed by atoms with Crippen LogP contribution in [0.2, 0.25) is 0 Å². The van der Waals surface area contributed by atoms with E-state index < -0.39 is 5.25 Å². The summed E-state index contributed by atoms with van der Waals surface area (Å²) in [5.74, 6) is -0.906. The average molecular weight is 469 g/mol. The van der Waals surface area contributed by atoms with Gasteiger partial charge in [-0.15, -0.1) is 21.5 Å². The number of carbonyl (C=O) groups excluding carboxylic acids is 3. The highest BCUT2D eigenvalue weighted by molar-refractivity contribution is 8.02. The lowest BCUT2D eigenvalue weighted by Gasteiger charge is -2.11. The minimum Gasteiger partial charge on any atom is -0.462 e. The Kier molecular flexibility index (Phi) is 7.48. The van der Waals surface area contributed by atoms with Crippen LogP contribution >= 0.6 is 34.4 Å². The van der Waals surface area contributed by atoms with Gasteiger partial charge in [0.15, 0.2) is 4.34 Å². The first-order valence-corrected chi connectivity index (χ1v) is 12.2. The molecule has 2 amide bonds. The fourth-order valence-electron chi connectivity index (χ4n) is 2.89. The van der Waals surface area contributed by atoms with E-state index in [2.05, 4.69) is 20.8 Å². The van der Waals surface area contributed by atoms with E-state index in [0.29, 0.717) is 20.0 Å². The molecule has 0 radical (unpaired) electrons. The molecule has 0 aliphatic heterocycles. The van der Waals surface area contributed by atoms with Gasteiger partial charge < -0.3 is 15.4 Å². The molecule has 1 aliphatic carbocycles. The summed E-state index contributed by atoms with van der Waals surface area (Å²) < 4.78 is 5.78. The Bertz CT molecular complexity index is 954. The van der Waals surface area contributed by atoms with Gasteiger partial charge in [0.1, 0.15) is 5.00 Å². The first-order chi connectivity index (χ1) is 14.3. The quantitative estimate of drug-likeness (QED) is 0.342. The van der Waals surface area contributed by atoms with Gasteiger partial charge in [-0.25, -0.2) is 4.79 Å². The van der Waals surface area contributed by atoms with E-state index in [-0.39, 0.29) is 30.3 Å². The van der Waals surface area contributed by atoms with Gasteiger partial charge >= 0.3 is 5.97 Å². The van der Waals surface area contributed by atoms with Gasteiger partial charge in [0, 0.05) is 10.8 Å². The zero-order chi connectivity index (χ0) is 21.8. The van der Waals surface area contributed by atoms with E-state index in [9.17, 15) is 14.4 Å². The van der Waals surface area contributed by atoms with E-state index in [4.69, 9.17) is 4.74 Å². The third kappa shape index (κ3) is 5.19. The normalized spacial score (nSPS) is 13.8. The predicted molar refractivity (Wildman–Crippen MR) is 120 cm³/mol. The summed E-state index contributed by atoms with van der Waals surface area (Å²) in [6.07, 6.45) is 2.76. The largest absolute Gasteiger partial charge is 0.462 e. The number of amides is 2. The fourth-order valence-corrected chi connectivity index (χ4v) is 6.07. The summed E-state index contributed by atoms with van der Waals surface area (Å²) in [7, 11) is 0. The molecule has 1 atom stereocenters. The molecule has 0 spiro atoms. The number of aromatic nitrogens is 2. The monoisotopic (exact) mass is 468 g/mol. The SMILES string of the molecule is CCOC(=O)c1c(NC(=O)C(C)Sc2nnc(NC(=O)C(C)C)s2)sc2c1CCC2. The minimum absolute atomic E-state index is 0.134. The Morgan fingerprint density at radius 2 is 1.87 bits per heavy atom. The van der Waals surface area contributed by atoms with E-state index in [1.807, 2.05) is 0 Å². The first kappa shape index (κ1) is 22.7. The van der Waals surface area contributed by atoms with Gasteiger partial charge in [-0.05, 0) is 38.7 Å². The van der Waals surface area contributed by atoms with Crippen molar-refractivity contribution in [3.63, 3.8) is 0 Å². The summed E-state index contributed by atoms with van der Waals surface area (Å²) in [6, 6.07) is 0. The van der Waals surface area contributed by atoms with Crippen LogP contribution in [0.25, 0.3) is 0 Å². The first-order valence-electron chi connectivity index (χ1n) is 9.73. The van der Waals surface area contributed by atoms with Crippen molar-refractivity contribution in [2.75, 3.05) is 17.2 Å². The molecule has 2 aromatic heterocycles. The Balaban J connectivity index is 1.66. The number of esters is 1. The van der Waals surface area contributed by atoms with Crippen LogP contribution < -0.4 is 10.6 Å². The molecule has 0 fully saturated rings. The molecule has 3 rings (SSSR count). The summed E-state index contributed by atoms with van der Waals surface area (Å²) >= 11 is 3.93. The van der Waals surface area contributed by atoms with Crippen molar-refractivity contribution in [3.05, 3.63) is 16.0 Å². The summed E-state index contributed by atoms with van der Waals surface area (Å²) in [4.78, 5) is 38.1. The Morgan fingerprint density at radius 1 is 1.10 bits per heavy atom. The molecule has 11 heteroatoms. The number of hydrogen-bond donors (Lipinski definition) is 2. The molecule has 2 aromatic rings. The third-order valence-electron chi connectivity index (χ3n) is 4.45. The summed E-state index contributed by atoms with van der Waals surface area (Å²) in [5.41, 5.74) is 1.50. The van der Waals surface area contributed by atoms with Crippen LogP contribution in [-0.2, 0) is 27.2 Å². The number of thioether (sulfide) groups is 1. The van der Waals surface area contributed by atoms with E-state index >= 15 is 0 Å². The molecule has 2 N–H and O–H groups in total. The third-order valence-corrected chi connectivity index (χ3v) is 7.68. The zero-order valence-electron chi connectivity index (χ0n) is 17.2. The van der Waals surface area contributed by atoms with Crippen LogP contribution in [0.15, 0.2) is 4.34 Å². The van der Waals surface area contributed by atoms with E-state index in [0.717, 1.165) is 29.7 Å². The van der Waals surface area contributed by atoms with Crippen LogP contribution in [0.3, 0.4) is 0 Å². The highest BCUT2D eigenvalue weighted by Gasteiger charge is 2.29. The number of nitrogens with one attached hydrogen (secondary N) is 2. The number of rotatable bonds is 8. The second kappa shape index (κ2) is 9.88. The number of fused-ring (bicyclic) bond motifs is 1. The van der Waals surface area contributed by atoms with Crippen LogP contribution in [0.1, 0.15) is 54.9 Å². The Hall–Kier alpha value is -1.98. The van der Waals surface area contributed by atoms with E-state index in [1.165, 1.54) is 34.4 Å². The second-order valence-electron chi connectivity index (χ2n) is 7.05. The van der Waals surface area contributed by atoms with Crippen molar-refractivity contribution < 1.29 is 19.1 Å². The molecular formula is C19H24N4O4S3. The molecule has 0 saturated carbocycles. The Morgan fingerprint density at radius 3 is 2.57 bits per heavy atom. The molecule has 30 heavy (non-hydrogen) atoms. The number of anilines is 2. The van der Waals surface area contributed by atoms with Crippen molar-refractivity contribution in [3.8, 4) is 0 Å². The molecule has 0 bridgehead atoms. The Labute approximate surface area is 187 Å². The maximum absolute atomic E-state index is 12.8. The van der Waals surface area contributed by atoms with Gasteiger partial charge in [0.2, 0.25) is 16.9 Å². The number of nitrogens with zero attached hydrogens (tertiary/aromatic N) is 2. The molecule has 162 valence electrons. The molecule has 8 nitrogen and oxygen atoms in total. The maximum Gasteiger partial charge on any atom is 0.341 e. The van der Waals surface area contributed by atoms with Crippen LogP contribution in [0, 0.1) is 5.92 Å². The molecule has 1 aliphatic rings. The van der Waals surface area contributed by atoms with Gasteiger partial charge in [-0.1, -0.05) is 36.9 Å². The minimum atomic E-state index is -0.460. The van der Waals surface area contributed by atoms with Crippen LogP contribution in [-0.4, -0.2) is 39.8 Å². The van der Waals surface area contributed by atoms with Crippen molar-refractivity contribution in [2.24, 2.45) is 5.92 Å². The number of thiophene rings is 1. The molecule has 1 unspecified atom stereocenters. The van der Waals surface area contributed by atoms with Gasteiger partial charge in [0.05, 0.1) is 17.4 Å². The second-order valence-corrected chi connectivity index (χ2v) is 10.7. The zero-order valence-corrected chi connectivity index (χ0v) is 19.7. The molecule has 0 saturated heterocycles. The van der Waals surface area contributed by atoms with Gasteiger partial charge in [-0.3, -0.25) is 9.59 Å². The van der Waals surface area contributed by atoms with Crippen LogP contribution in [0.4, 0.5) is 10.1 Å². The van der Waals surface area contributed by atoms with Crippen molar-refractivity contribution in [1.82, 2.24) is 10.2 Å². The summed E-state index contributed by atoms with van der Waals surface area (Å²) in [6.45, 7) is 7.41. The number of carbonyl (C=O) groups is 3. The number of aryl methyl sites for hydroxylation is 1. The predicted octanol–water partition coefficient (Wildman–Crippen LogP) is 3.98. The van der Waals surface area contributed by atoms with Crippen LogP contribution in [0.5, 0.6) is 0 Å². The summed E-state index contributed by atoms with van der Waals surface area (Å²) in [5, 5.41) is 14.1. The van der Waals surface area contributed by atoms with Gasteiger partial charge in [-0.2, -0.15) is 0 Å². The lowest BCUT2D eigenvalue weighted by atomic mass is 10.1. The molecule has 2 heterocycles. The van der Waals surface area contributed by atoms with Gasteiger partial charge in [0.25, 0.3) is 0 Å². The smallest absolute Gasteiger partial charge is 0.341 e. The fraction of sp³-hybridized carbons (Fsp3) is 0.526. The number of ether oxygens (including phenoxy) is 1.